The molecule has 0 spiro atoms. The first-order valence-electron chi connectivity index (χ1n) is 8.94. The summed E-state index contributed by atoms with van der Waals surface area (Å²) in [6, 6.07) is 18.1. The van der Waals surface area contributed by atoms with Crippen molar-refractivity contribution < 1.29 is 4.79 Å². The van der Waals surface area contributed by atoms with Crippen LogP contribution in [0.25, 0.3) is 10.9 Å². The van der Waals surface area contributed by atoms with Crippen molar-refractivity contribution in [3.63, 3.8) is 0 Å². The van der Waals surface area contributed by atoms with Gasteiger partial charge in [-0.15, -0.1) is 10.2 Å². The highest BCUT2D eigenvalue weighted by atomic mass is 32.2. The molecule has 0 aliphatic rings. The summed E-state index contributed by atoms with van der Waals surface area (Å²) in [6.07, 6.45) is 2.53. The molecule has 2 aromatic carbocycles. The summed E-state index contributed by atoms with van der Waals surface area (Å²) in [5.41, 5.74) is 2.91. The molecule has 0 unspecified atom stereocenters. The van der Waals surface area contributed by atoms with Crippen molar-refractivity contribution in [3.05, 3.63) is 77.7 Å². The molecule has 4 aromatic rings. The molecule has 4 rings (SSSR count). The van der Waals surface area contributed by atoms with E-state index in [0.717, 1.165) is 40.4 Å². The number of aromatic nitrogens is 4. The summed E-state index contributed by atoms with van der Waals surface area (Å²) in [6.45, 7) is 2.85. The first-order valence-corrected chi connectivity index (χ1v) is 9.93. The zero-order valence-corrected chi connectivity index (χ0v) is 15.9. The van der Waals surface area contributed by atoms with Gasteiger partial charge in [0.1, 0.15) is 5.82 Å². The lowest BCUT2D eigenvalue weighted by Gasteiger charge is -2.07. The highest BCUT2D eigenvalue weighted by Gasteiger charge is 2.16. The van der Waals surface area contributed by atoms with E-state index in [0.29, 0.717) is 5.75 Å². The molecule has 2 aromatic heterocycles. The number of ketones is 1. The molecule has 0 fully saturated rings. The van der Waals surface area contributed by atoms with E-state index in [2.05, 4.69) is 38.8 Å². The maximum atomic E-state index is 12.7. The Morgan fingerprint density at radius 2 is 1.85 bits per heavy atom. The predicted molar refractivity (Wildman–Crippen MR) is 108 cm³/mol. The number of Topliss-reactive ketones (excluding diaryl/α,β-unsaturated/α-hetero) is 1. The van der Waals surface area contributed by atoms with Crippen molar-refractivity contribution in [2.24, 2.45) is 0 Å². The second kappa shape index (κ2) is 7.80. The Morgan fingerprint density at radius 1 is 1.07 bits per heavy atom. The Hall–Kier alpha value is -2.86. The van der Waals surface area contributed by atoms with Crippen molar-refractivity contribution in [1.82, 2.24) is 19.7 Å². The molecular weight excluding hydrogens is 356 g/mol. The van der Waals surface area contributed by atoms with Gasteiger partial charge in [-0.3, -0.25) is 4.79 Å². The Labute approximate surface area is 161 Å². The van der Waals surface area contributed by atoms with Gasteiger partial charge in [-0.2, -0.15) is 0 Å². The number of rotatable bonds is 7. The molecule has 2 heterocycles. The van der Waals surface area contributed by atoms with Crippen molar-refractivity contribution in [1.29, 1.82) is 0 Å². The molecule has 0 aliphatic heterocycles. The third kappa shape index (κ3) is 3.66. The smallest absolute Gasteiger partial charge is 0.191 e. The lowest BCUT2D eigenvalue weighted by molar-refractivity contribution is 0.102. The fraction of sp³-hybridized carbons (Fsp3) is 0.190. The number of hydrogen-bond donors (Lipinski definition) is 1. The predicted octanol–water partition coefficient (Wildman–Crippen LogP) is 4.35. The van der Waals surface area contributed by atoms with Crippen molar-refractivity contribution >= 4 is 28.4 Å². The van der Waals surface area contributed by atoms with Crippen molar-refractivity contribution in [2.75, 3.05) is 5.75 Å². The van der Waals surface area contributed by atoms with Crippen LogP contribution in [0.4, 0.5) is 0 Å². The molecule has 0 aliphatic carbocycles. The molecule has 0 saturated heterocycles. The highest BCUT2D eigenvalue weighted by Crippen LogP contribution is 2.23. The average molecular weight is 376 g/mol. The van der Waals surface area contributed by atoms with Crippen LogP contribution in [0.5, 0.6) is 0 Å². The Morgan fingerprint density at radius 3 is 2.67 bits per heavy atom. The topological polar surface area (TPSA) is 63.6 Å². The summed E-state index contributed by atoms with van der Waals surface area (Å²) in [5.74, 6) is 1.35. The Balaban J connectivity index is 1.49. The highest BCUT2D eigenvalue weighted by molar-refractivity contribution is 7.99. The van der Waals surface area contributed by atoms with Crippen LogP contribution in [0, 0.1) is 0 Å². The number of carbonyl (C=O) groups is 1. The number of hydrogen-bond acceptors (Lipinski definition) is 4. The molecule has 27 heavy (non-hydrogen) atoms. The lowest BCUT2D eigenvalue weighted by atomic mass is 10.1. The van der Waals surface area contributed by atoms with Gasteiger partial charge < -0.3 is 9.55 Å². The number of thioether (sulfide) groups is 1. The summed E-state index contributed by atoms with van der Waals surface area (Å²) in [7, 11) is 0. The second-order valence-corrected chi connectivity index (χ2v) is 7.21. The maximum Gasteiger partial charge on any atom is 0.191 e. The van der Waals surface area contributed by atoms with Gasteiger partial charge in [-0.05, 0) is 18.6 Å². The first kappa shape index (κ1) is 17.5. The summed E-state index contributed by atoms with van der Waals surface area (Å²) in [4.78, 5) is 15.9. The van der Waals surface area contributed by atoms with E-state index in [9.17, 15) is 4.79 Å². The van der Waals surface area contributed by atoms with Crippen molar-refractivity contribution in [2.45, 2.75) is 25.0 Å². The van der Waals surface area contributed by atoms with Crippen LogP contribution in [0.1, 0.15) is 28.7 Å². The van der Waals surface area contributed by atoms with Crippen LogP contribution >= 0.6 is 11.8 Å². The summed E-state index contributed by atoms with van der Waals surface area (Å²) in [5, 5.41) is 10.4. The van der Waals surface area contributed by atoms with Gasteiger partial charge in [0.2, 0.25) is 0 Å². The van der Waals surface area contributed by atoms with Crippen LogP contribution in [0.15, 0.2) is 66.0 Å². The molecule has 0 bridgehead atoms. The van der Waals surface area contributed by atoms with E-state index < -0.39 is 0 Å². The number of H-pyrrole nitrogens is 1. The van der Waals surface area contributed by atoms with Gasteiger partial charge in [0.15, 0.2) is 10.9 Å². The molecule has 0 atom stereocenters. The van der Waals surface area contributed by atoms with Gasteiger partial charge in [0.05, 0.1) is 5.75 Å². The number of para-hydroxylation sites is 1. The zero-order valence-electron chi connectivity index (χ0n) is 15.1. The lowest BCUT2D eigenvalue weighted by Crippen LogP contribution is -2.06. The van der Waals surface area contributed by atoms with E-state index in [1.807, 2.05) is 42.5 Å². The monoisotopic (exact) mass is 376 g/mol. The molecule has 6 heteroatoms. The standard InChI is InChI=1S/C21H20N4OS/c1-2-25-20(12-15-8-4-3-5-9-15)23-24-21(25)27-14-19(26)17-13-22-18-11-7-6-10-16(17)18/h3-11,13,22H,2,12,14H2,1H3. The van der Waals surface area contributed by atoms with E-state index >= 15 is 0 Å². The third-order valence-corrected chi connectivity index (χ3v) is 5.50. The molecular formula is C21H20N4OS. The Bertz CT molecular complexity index is 1070. The zero-order chi connectivity index (χ0) is 18.6. The summed E-state index contributed by atoms with van der Waals surface area (Å²) >= 11 is 1.44. The second-order valence-electron chi connectivity index (χ2n) is 6.27. The number of carbonyl (C=O) groups excluding carboxylic acids is 1. The van der Waals surface area contributed by atoms with Crippen LogP contribution in [0.2, 0.25) is 0 Å². The quantitative estimate of drug-likeness (QED) is 0.385. The van der Waals surface area contributed by atoms with Gasteiger partial charge >= 0.3 is 0 Å². The van der Waals surface area contributed by atoms with E-state index in [-0.39, 0.29) is 5.78 Å². The maximum absolute atomic E-state index is 12.7. The molecule has 0 saturated carbocycles. The third-order valence-electron chi connectivity index (χ3n) is 4.54. The SMILES string of the molecule is CCn1c(Cc2ccccc2)nnc1SCC(=O)c1c[nH]c2ccccc12. The van der Waals surface area contributed by atoms with E-state index in [1.54, 1.807) is 6.20 Å². The van der Waals surface area contributed by atoms with Gasteiger partial charge in [-0.25, -0.2) is 0 Å². The van der Waals surface area contributed by atoms with Crippen LogP contribution in [0.3, 0.4) is 0 Å². The average Bonchev–Trinajstić information content (AvgIpc) is 3.30. The van der Waals surface area contributed by atoms with Crippen LogP contribution in [-0.4, -0.2) is 31.3 Å². The number of nitrogens with zero attached hydrogens (tertiary/aromatic N) is 3. The number of aromatic amines is 1. The van der Waals surface area contributed by atoms with Crippen molar-refractivity contribution in [3.8, 4) is 0 Å². The normalized spacial score (nSPS) is 11.1. The minimum atomic E-state index is 0.0905. The van der Waals surface area contributed by atoms with Gasteiger partial charge in [0, 0.05) is 35.6 Å². The molecule has 0 radical (unpaired) electrons. The minimum absolute atomic E-state index is 0.0905. The number of benzene rings is 2. The molecule has 5 nitrogen and oxygen atoms in total. The van der Waals surface area contributed by atoms with E-state index in [1.165, 1.54) is 17.3 Å². The van der Waals surface area contributed by atoms with Crippen LogP contribution < -0.4 is 0 Å². The largest absolute Gasteiger partial charge is 0.360 e. The number of nitrogens with one attached hydrogen (secondary N) is 1. The first-order chi connectivity index (χ1) is 13.3. The molecule has 136 valence electrons. The fourth-order valence-corrected chi connectivity index (χ4v) is 4.07. The summed E-state index contributed by atoms with van der Waals surface area (Å²) < 4.78 is 2.08. The van der Waals surface area contributed by atoms with E-state index in [4.69, 9.17) is 0 Å². The molecule has 0 amide bonds. The van der Waals surface area contributed by atoms with Crippen LogP contribution in [-0.2, 0) is 13.0 Å². The fourth-order valence-electron chi connectivity index (χ4n) is 3.16. The Kier molecular flexibility index (Phi) is 5.07. The van der Waals surface area contributed by atoms with Gasteiger partial charge in [0.25, 0.3) is 0 Å². The molecule has 1 N–H and O–H groups in total. The number of fused-ring (bicyclic) bond motifs is 1. The minimum Gasteiger partial charge on any atom is -0.360 e. The van der Waals surface area contributed by atoms with Gasteiger partial charge in [-0.1, -0.05) is 60.3 Å².